The van der Waals surface area contributed by atoms with Crippen molar-refractivity contribution in [2.75, 3.05) is 10.6 Å². The number of H-pyrrole nitrogens is 1. The SMILES string of the molecule is Cc1[nH]nc2ncc(NC(=O)c3ccc(NC(=O)C4CC4C)cc3)cc12. The quantitative estimate of drug-likeness (QED) is 0.674. The molecule has 0 saturated heterocycles. The molecule has 1 aliphatic rings. The molecule has 0 aliphatic heterocycles. The Balaban J connectivity index is 1.43. The molecule has 3 aromatic rings. The van der Waals surface area contributed by atoms with Crippen LogP contribution in [0.25, 0.3) is 11.0 Å². The van der Waals surface area contributed by atoms with E-state index in [1.807, 2.05) is 13.0 Å². The standard InChI is InChI=1S/C19H19N5O2/c1-10-7-15(10)19(26)21-13-5-3-12(4-6-13)18(25)22-14-8-16-11(2)23-24-17(16)20-9-14/h3-6,8-10,15H,7H2,1-2H3,(H,21,26)(H,22,25)(H,20,23,24). The molecule has 2 atom stereocenters. The number of benzene rings is 1. The van der Waals surface area contributed by atoms with Gasteiger partial charge in [0.15, 0.2) is 5.65 Å². The summed E-state index contributed by atoms with van der Waals surface area (Å²) >= 11 is 0. The van der Waals surface area contributed by atoms with Gasteiger partial charge in [-0.2, -0.15) is 5.10 Å². The summed E-state index contributed by atoms with van der Waals surface area (Å²) in [6, 6.07) is 8.69. The number of anilines is 2. The molecule has 2 amide bonds. The minimum absolute atomic E-state index is 0.0459. The van der Waals surface area contributed by atoms with Crippen LogP contribution in [0.15, 0.2) is 36.5 Å². The smallest absolute Gasteiger partial charge is 0.255 e. The van der Waals surface area contributed by atoms with Gasteiger partial charge in [0, 0.05) is 28.2 Å². The first-order valence-corrected chi connectivity index (χ1v) is 8.54. The summed E-state index contributed by atoms with van der Waals surface area (Å²) in [5.74, 6) is 0.391. The number of amides is 2. The minimum Gasteiger partial charge on any atom is -0.326 e. The maximum Gasteiger partial charge on any atom is 0.255 e. The number of aromatic amines is 1. The molecule has 2 heterocycles. The number of pyridine rings is 1. The fraction of sp³-hybridized carbons (Fsp3) is 0.263. The summed E-state index contributed by atoms with van der Waals surface area (Å²) in [7, 11) is 0. The first-order valence-electron chi connectivity index (χ1n) is 8.54. The molecule has 2 aromatic heterocycles. The van der Waals surface area contributed by atoms with E-state index in [9.17, 15) is 9.59 Å². The van der Waals surface area contributed by atoms with Crippen molar-refractivity contribution in [3.05, 3.63) is 47.8 Å². The number of hydrogen-bond donors (Lipinski definition) is 3. The Kier molecular flexibility index (Phi) is 3.91. The molecule has 0 radical (unpaired) electrons. The molecule has 7 nitrogen and oxygen atoms in total. The molecule has 4 rings (SSSR count). The molecule has 0 bridgehead atoms. The normalized spacial score (nSPS) is 18.5. The number of nitrogens with one attached hydrogen (secondary N) is 3. The van der Waals surface area contributed by atoms with E-state index in [2.05, 4.69) is 32.7 Å². The van der Waals surface area contributed by atoms with E-state index in [1.54, 1.807) is 30.5 Å². The van der Waals surface area contributed by atoms with Gasteiger partial charge in [-0.15, -0.1) is 0 Å². The van der Waals surface area contributed by atoms with Crippen LogP contribution in [0.3, 0.4) is 0 Å². The van der Waals surface area contributed by atoms with Crippen molar-refractivity contribution in [1.29, 1.82) is 0 Å². The van der Waals surface area contributed by atoms with Gasteiger partial charge in [0.1, 0.15) is 0 Å². The largest absolute Gasteiger partial charge is 0.326 e. The third-order valence-electron chi connectivity index (χ3n) is 4.72. The van der Waals surface area contributed by atoms with Crippen molar-refractivity contribution in [3.63, 3.8) is 0 Å². The first-order chi connectivity index (χ1) is 12.5. The average molecular weight is 349 g/mol. The Labute approximate surface area is 150 Å². The average Bonchev–Trinajstić information content (AvgIpc) is 3.27. The van der Waals surface area contributed by atoms with Crippen LogP contribution in [0.2, 0.25) is 0 Å². The van der Waals surface area contributed by atoms with Crippen molar-refractivity contribution in [2.24, 2.45) is 11.8 Å². The van der Waals surface area contributed by atoms with Gasteiger partial charge in [-0.1, -0.05) is 6.92 Å². The third kappa shape index (κ3) is 3.15. The monoisotopic (exact) mass is 349 g/mol. The molecule has 0 spiro atoms. The zero-order chi connectivity index (χ0) is 18.3. The highest BCUT2D eigenvalue weighted by Gasteiger charge is 2.39. The van der Waals surface area contributed by atoms with Crippen LogP contribution in [0, 0.1) is 18.8 Å². The number of carbonyl (C=O) groups is 2. The molecule has 3 N–H and O–H groups in total. The van der Waals surface area contributed by atoms with Crippen molar-refractivity contribution in [1.82, 2.24) is 15.2 Å². The second-order valence-corrected chi connectivity index (χ2v) is 6.78. The highest BCUT2D eigenvalue weighted by Crippen LogP contribution is 2.38. The molecule has 1 aromatic carbocycles. The molecule has 26 heavy (non-hydrogen) atoms. The van der Waals surface area contributed by atoms with E-state index >= 15 is 0 Å². The number of hydrogen-bond acceptors (Lipinski definition) is 4. The number of aromatic nitrogens is 3. The minimum atomic E-state index is -0.235. The number of carbonyl (C=O) groups excluding carboxylic acids is 2. The highest BCUT2D eigenvalue weighted by molar-refractivity contribution is 6.05. The molecule has 132 valence electrons. The summed E-state index contributed by atoms with van der Waals surface area (Å²) in [6.07, 6.45) is 2.52. The maximum atomic E-state index is 12.4. The van der Waals surface area contributed by atoms with E-state index in [-0.39, 0.29) is 17.7 Å². The lowest BCUT2D eigenvalue weighted by Gasteiger charge is -2.07. The Bertz CT molecular complexity index is 993. The highest BCUT2D eigenvalue weighted by atomic mass is 16.2. The summed E-state index contributed by atoms with van der Waals surface area (Å²) in [4.78, 5) is 28.6. The third-order valence-corrected chi connectivity index (χ3v) is 4.72. The summed E-state index contributed by atoms with van der Waals surface area (Å²) < 4.78 is 0. The second-order valence-electron chi connectivity index (χ2n) is 6.78. The van der Waals surface area contributed by atoms with E-state index in [4.69, 9.17) is 0 Å². The number of fused-ring (bicyclic) bond motifs is 1. The molecular weight excluding hydrogens is 330 g/mol. The zero-order valence-electron chi connectivity index (χ0n) is 14.5. The van der Waals surface area contributed by atoms with E-state index in [0.717, 1.165) is 17.5 Å². The van der Waals surface area contributed by atoms with Crippen molar-refractivity contribution in [3.8, 4) is 0 Å². The van der Waals surface area contributed by atoms with Crippen LogP contribution >= 0.6 is 0 Å². The maximum absolute atomic E-state index is 12.4. The van der Waals surface area contributed by atoms with Gasteiger partial charge in [0.2, 0.25) is 5.91 Å². The molecule has 7 heteroatoms. The van der Waals surface area contributed by atoms with E-state index in [0.29, 0.717) is 28.5 Å². The van der Waals surface area contributed by atoms with Crippen molar-refractivity contribution in [2.45, 2.75) is 20.3 Å². The number of nitrogens with zero attached hydrogens (tertiary/aromatic N) is 2. The Morgan fingerprint density at radius 3 is 2.58 bits per heavy atom. The number of rotatable bonds is 4. The van der Waals surface area contributed by atoms with Gasteiger partial charge >= 0.3 is 0 Å². The Hall–Kier alpha value is -3.22. The van der Waals surface area contributed by atoms with Gasteiger partial charge in [0.25, 0.3) is 5.91 Å². The first kappa shape index (κ1) is 16.3. The van der Waals surface area contributed by atoms with E-state index < -0.39 is 0 Å². The van der Waals surface area contributed by atoms with Gasteiger partial charge in [-0.05, 0) is 49.6 Å². The van der Waals surface area contributed by atoms with Gasteiger partial charge in [0.05, 0.1) is 11.9 Å². The van der Waals surface area contributed by atoms with Gasteiger partial charge in [-0.25, -0.2) is 4.98 Å². The zero-order valence-corrected chi connectivity index (χ0v) is 14.5. The van der Waals surface area contributed by atoms with Gasteiger partial charge in [-0.3, -0.25) is 14.7 Å². The predicted molar refractivity (Wildman–Crippen MR) is 98.9 cm³/mol. The Morgan fingerprint density at radius 2 is 1.88 bits per heavy atom. The fourth-order valence-corrected chi connectivity index (χ4v) is 2.92. The van der Waals surface area contributed by atoms with Crippen LogP contribution in [0.5, 0.6) is 0 Å². The predicted octanol–water partition coefficient (Wildman–Crippen LogP) is 3.11. The van der Waals surface area contributed by atoms with Crippen LogP contribution in [0.4, 0.5) is 11.4 Å². The van der Waals surface area contributed by atoms with E-state index in [1.165, 1.54) is 0 Å². The Morgan fingerprint density at radius 1 is 1.15 bits per heavy atom. The second kappa shape index (κ2) is 6.25. The number of aryl methyl sites for hydroxylation is 1. The van der Waals surface area contributed by atoms with Crippen LogP contribution in [-0.4, -0.2) is 27.0 Å². The lowest BCUT2D eigenvalue weighted by atomic mass is 10.2. The summed E-state index contributed by atoms with van der Waals surface area (Å²) in [6.45, 7) is 3.97. The topological polar surface area (TPSA) is 99.8 Å². The lowest BCUT2D eigenvalue weighted by Crippen LogP contribution is -2.15. The molecule has 2 unspecified atom stereocenters. The van der Waals surface area contributed by atoms with Crippen molar-refractivity contribution < 1.29 is 9.59 Å². The molecule has 1 saturated carbocycles. The van der Waals surface area contributed by atoms with Gasteiger partial charge < -0.3 is 10.6 Å². The molecular formula is C19H19N5O2. The summed E-state index contributed by atoms with van der Waals surface area (Å²) in [5, 5.41) is 13.5. The van der Waals surface area contributed by atoms with Crippen LogP contribution in [0.1, 0.15) is 29.4 Å². The fourth-order valence-electron chi connectivity index (χ4n) is 2.92. The van der Waals surface area contributed by atoms with Crippen molar-refractivity contribution >= 4 is 34.2 Å². The van der Waals surface area contributed by atoms with Crippen LogP contribution < -0.4 is 10.6 Å². The molecule has 1 aliphatic carbocycles. The summed E-state index contributed by atoms with van der Waals surface area (Å²) in [5.41, 5.74) is 3.32. The lowest BCUT2D eigenvalue weighted by molar-refractivity contribution is -0.117. The molecule has 1 fully saturated rings. The van der Waals surface area contributed by atoms with Crippen LogP contribution in [-0.2, 0) is 4.79 Å².